The summed E-state index contributed by atoms with van der Waals surface area (Å²) >= 11 is 0. The van der Waals surface area contributed by atoms with Crippen LogP contribution in [0.2, 0.25) is 0 Å². The molecule has 0 atom stereocenters. The minimum atomic E-state index is -0.272. The fourth-order valence-corrected chi connectivity index (χ4v) is 4.02. The van der Waals surface area contributed by atoms with Gasteiger partial charge >= 0.3 is 0 Å². The number of nitrogens with one attached hydrogen (secondary N) is 3. The molecule has 3 amide bonds. The van der Waals surface area contributed by atoms with Crippen LogP contribution in [0.5, 0.6) is 0 Å². The van der Waals surface area contributed by atoms with Crippen molar-refractivity contribution in [3.63, 3.8) is 0 Å². The summed E-state index contributed by atoms with van der Waals surface area (Å²) in [6, 6.07) is 21.7. The quantitative estimate of drug-likeness (QED) is 0.223. The normalized spacial score (nSPS) is 10.9. The highest BCUT2D eigenvalue weighted by molar-refractivity contribution is 6.01. The second-order valence-electron chi connectivity index (χ2n) is 10.3. The Bertz CT molecular complexity index is 1580. The third-order valence-electron chi connectivity index (χ3n) is 6.29. The maximum absolute atomic E-state index is 12.7. The SMILES string of the molecule is CN(C)CC=CC(=O)Nc1cccc(C(=O)NCc2ccc(Nc3ccc(-c4ccc(C(=O)N(C)C)cc4)cn3)cn2)c1. The molecule has 0 radical (unpaired) electrons. The Kier molecular flexibility index (Phi) is 10.3. The fourth-order valence-electron chi connectivity index (χ4n) is 4.02. The number of carbonyl (C=O) groups is 3. The summed E-state index contributed by atoms with van der Waals surface area (Å²) in [4.78, 5) is 49.3. The lowest BCUT2D eigenvalue weighted by molar-refractivity contribution is -0.111. The largest absolute Gasteiger partial charge is 0.346 e. The van der Waals surface area contributed by atoms with Crippen LogP contribution >= 0.6 is 0 Å². The zero-order valence-electron chi connectivity index (χ0n) is 24.7. The molecule has 2 heterocycles. The molecule has 0 saturated carbocycles. The lowest BCUT2D eigenvalue weighted by Crippen LogP contribution is -2.23. The molecule has 2 aromatic carbocycles. The van der Waals surface area contributed by atoms with E-state index in [9.17, 15) is 14.4 Å². The number of anilines is 3. The first-order valence-electron chi connectivity index (χ1n) is 13.7. The Morgan fingerprint density at radius 3 is 2.21 bits per heavy atom. The van der Waals surface area contributed by atoms with Crippen LogP contribution in [0.25, 0.3) is 11.1 Å². The van der Waals surface area contributed by atoms with E-state index in [1.54, 1.807) is 61.7 Å². The van der Waals surface area contributed by atoms with Crippen molar-refractivity contribution >= 4 is 34.9 Å². The molecule has 0 aliphatic rings. The second kappa shape index (κ2) is 14.5. The van der Waals surface area contributed by atoms with Crippen LogP contribution in [-0.4, -0.2) is 72.2 Å². The topological polar surface area (TPSA) is 120 Å². The molecule has 0 unspecified atom stereocenters. The number of nitrogens with zero attached hydrogens (tertiary/aromatic N) is 4. The van der Waals surface area contributed by atoms with E-state index < -0.39 is 0 Å². The van der Waals surface area contributed by atoms with Crippen molar-refractivity contribution in [3.8, 4) is 11.1 Å². The first-order chi connectivity index (χ1) is 20.7. The Morgan fingerprint density at radius 2 is 1.56 bits per heavy atom. The summed E-state index contributed by atoms with van der Waals surface area (Å²) in [5.41, 5.74) is 4.95. The molecule has 4 aromatic rings. The van der Waals surface area contributed by atoms with E-state index in [0.29, 0.717) is 34.9 Å². The number of aromatic nitrogens is 2. The van der Waals surface area contributed by atoms with Crippen molar-refractivity contribution in [2.75, 3.05) is 45.4 Å². The zero-order valence-corrected chi connectivity index (χ0v) is 24.7. The van der Waals surface area contributed by atoms with E-state index in [4.69, 9.17) is 0 Å². The molecule has 4 rings (SSSR count). The van der Waals surface area contributed by atoms with E-state index in [1.807, 2.05) is 67.5 Å². The van der Waals surface area contributed by atoms with Crippen molar-refractivity contribution in [2.24, 2.45) is 0 Å². The Hall–Kier alpha value is -5.35. The number of carbonyl (C=O) groups excluding carboxylic acids is 3. The van der Waals surface area contributed by atoms with E-state index in [-0.39, 0.29) is 24.3 Å². The highest BCUT2D eigenvalue weighted by Gasteiger charge is 2.10. The smallest absolute Gasteiger partial charge is 0.253 e. The molecule has 0 aliphatic carbocycles. The minimum absolute atomic E-state index is 0.0390. The van der Waals surface area contributed by atoms with Gasteiger partial charge in [-0.25, -0.2) is 4.98 Å². The predicted molar refractivity (Wildman–Crippen MR) is 169 cm³/mol. The molecule has 43 heavy (non-hydrogen) atoms. The van der Waals surface area contributed by atoms with Crippen LogP contribution < -0.4 is 16.0 Å². The van der Waals surface area contributed by atoms with Crippen LogP contribution in [-0.2, 0) is 11.3 Å². The van der Waals surface area contributed by atoms with Gasteiger partial charge in [-0.3, -0.25) is 19.4 Å². The third kappa shape index (κ3) is 9.07. The van der Waals surface area contributed by atoms with Crippen molar-refractivity contribution in [1.29, 1.82) is 0 Å². The summed E-state index contributed by atoms with van der Waals surface area (Å²) in [5, 5.41) is 8.86. The monoisotopic (exact) mass is 577 g/mol. The van der Waals surface area contributed by atoms with Crippen LogP contribution in [0.4, 0.5) is 17.2 Å². The lowest BCUT2D eigenvalue weighted by atomic mass is 10.1. The van der Waals surface area contributed by atoms with Crippen LogP contribution in [0.1, 0.15) is 26.4 Å². The number of likely N-dealkylation sites (N-methyl/N-ethyl adjacent to an activating group) is 1. The number of rotatable bonds is 11. The molecule has 0 aliphatic heterocycles. The molecule has 3 N–H and O–H groups in total. The predicted octanol–water partition coefficient (Wildman–Crippen LogP) is 4.58. The first kappa shape index (κ1) is 30.6. The van der Waals surface area contributed by atoms with Gasteiger partial charge in [-0.2, -0.15) is 0 Å². The van der Waals surface area contributed by atoms with Gasteiger partial charge in [-0.1, -0.05) is 24.3 Å². The highest BCUT2D eigenvalue weighted by Crippen LogP contribution is 2.22. The molecule has 2 aromatic heterocycles. The molecule has 10 heteroatoms. The molecule has 0 saturated heterocycles. The summed E-state index contributed by atoms with van der Waals surface area (Å²) in [5.74, 6) is 0.0909. The van der Waals surface area contributed by atoms with Crippen LogP contribution in [0.3, 0.4) is 0 Å². The van der Waals surface area contributed by atoms with Gasteiger partial charge in [0, 0.05) is 55.3 Å². The molecular formula is C33H35N7O3. The van der Waals surface area contributed by atoms with Gasteiger partial charge in [0.2, 0.25) is 5.91 Å². The van der Waals surface area contributed by atoms with Gasteiger partial charge in [0.1, 0.15) is 5.82 Å². The molecule has 10 nitrogen and oxygen atoms in total. The van der Waals surface area contributed by atoms with Crippen molar-refractivity contribution in [3.05, 3.63) is 114 Å². The van der Waals surface area contributed by atoms with Crippen molar-refractivity contribution < 1.29 is 14.4 Å². The van der Waals surface area contributed by atoms with E-state index in [2.05, 4.69) is 25.9 Å². The van der Waals surface area contributed by atoms with E-state index in [0.717, 1.165) is 16.8 Å². The van der Waals surface area contributed by atoms with Crippen LogP contribution in [0, 0.1) is 0 Å². The number of benzene rings is 2. The van der Waals surface area contributed by atoms with Crippen LogP contribution in [0.15, 0.2) is 97.3 Å². The standard InChI is InChI=1S/C33H35N7O3/c1-39(2)18-6-9-31(41)38-27-8-5-7-25(19-27)32(42)36-21-28-15-16-29(22-34-28)37-30-17-14-26(20-35-30)23-10-12-24(13-11-23)33(43)40(3)4/h5-17,19-20,22H,18,21H2,1-4H3,(H,35,37)(H,36,42)(H,38,41). The molecule has 220 valence electrons. The van der Waals surface area contributed by atoms with Gasteiger partial charge in [0.05, 0.1) is 24.1 Å². The Labute approximate surface area is 251 Å². The van der Waals surface area contributed by atoms with Gasteiger partial charge < -0.3 is 25.8 Å². The number of pyridine rings is 2. The molecule has 0 bridgehead atoms. The number of hydrogen-bond acceptors (Lipinski definition) is 7. The van der Waals surface area contributed by atoms with Gasteiger partial charge in [0.25, 0.3) is 11.8 Å². The van der Waals surface area contributed by atoms with Gasteiger partial charge in [-0.15, -0.1) is 0 Å². The Balaban J connectivity index is 1.28. The maximum atomic E-state index is 12.7. The summed E-state index contributed by atoms with van der Waals surface area (Å²) < 4.78 is 0. The van der Waals surface area contributed by atoms with Crippen molar-refractivity contribution in [2.45, 2.75) is 6.54 Å². The second-order valence-corrected chi connectivity index (χ2v) is 10.3. The van der Waals surface area contributed by atoms with Crippen molar-refractivity contribution in [1.82, 2.24) is 25.1 Å². The average molecular weight is 578 g/mol. The minimum Gasteiger partial charge on any atom is -0.346 e. The summed E-state index contributed by atoms with van der Waals surface area (Å²) in [7, 11) is 7.30. The van der Waals surface area contributed by atoms with Gasteiger partial charge in [0.15, 0.2) is 0 Å². The third-order valence-corrected chi connectivity index (χ3v) is 6.29. The molecule has 0 spiro atoms. The highest BCUT2D eigenvalue weighted by atomic mass is 16.2. The fraction of sp³-hybridized carbons (Fsp3) is 0.182. The summed E-state index contributed by atoms with van der Waals surface area (Å²) in [6.07, 6.45) is 6.69. The van der Waals surface area contributed by atoms with E-state index in [1.165, 1.54) is 6.08 Å². The zero-order chi connectivity index (χ0) is 30.8. The number of amides is 3. The first-order valence-corrected chi connectivity index (χ1v) is 13.7. The summed E-state index contributed by atoms with van der Waals surface area (Å²) in [6.45, 7) is 0.901. The van der Waals surface area contributed by atoms with Gasteiger partial charge in [-0.05, 0) is 74.3 Å². The number of hydrogen-bond donors (Lipinski definition) is 3. The average Bonchev–Trinajstić information content (AvgIpc) is 3.00. The van der Waals surface area contributed by atoms with E-state index >= 15 is 0 Å². The molecule has 0 fully saturated rings. The molecular weight excluding hydrogens is 542 g/mol. The maximum Gasteiger partial charge on any atom is 0.253 e. The lowest BCUT2D eigenvalue weighted by Gasteiger charge is -2.11. The Morgan fingerprint density at radius 1 is 0.791 bits per heavy atom.